The number of imidazole rings is 1. The van der Waals surface area contributed by atoms with Gasteiger partial charge in [-0.1, -0.05) is 38.4 Å². The van der Waals surface area contributed by atoms with Crippen molar-refractivity contribution < 1.29 is 0 Å². The quantitative estimate of drug-likeness (QED) is 0.666. The minimum atomic E-state index is 0.0869. The van der Waals surface area contributed by atoms with E-state index in [1.54, 1.807) is 0 Å². The van der Waals surface area contributed by atoms with Crippen LogP contribution in [0.1, 0.15) is 32.0 Å². The molecule has 0 radical (unpaired) electrons. The van der Waals surface area contributed by atoms with Crippen LogP contribution in [-0.2, 0) is 5.41 Å². The Morgan fingerprint density at radius 3 is 2.60 bits per heavy atom. The predicted octanol–water partition coefficient (Wildman–Crippen LogP) is 3.59. The molecule has 80 valence electrons. The largest absolute Gasteiger partial charge is 0.290 e. The van der Waals surface area contributed by atoms with Crippen LogP contribution in [0.15, 0.2) is 18.3 Å². The average Bonchev–Trinajstić information content (AvgIpc) is 2.41. The van der Waals surface area contributed by atoms with E-state index in [-0.39, 0.29) is 5.41 Å². The average molecular weight is 223 g/mol. The lowest BCUT2D eigenvalue weighted by molar-refractivity contribution is 0.591. The highest BCUT2D eigenvalue weighted by molar-refractivity contribution is 6.30. The van der Waals surface area contributed by atoms with Gasteiger partial charge in [-0.05, 0) is 18.4 Å². The summed E-state index contributed by atoms with van der Waals surface area (Å²) in [6.07, 6.45) is 1.95. The third kappa shape index (κ3) is 1.63. The molecule has 0 fully saturated rings. The molecule has 0 aromatic carbocycles. The summed E-state index contributed by atoms with van der Waals surface area (Å²) in [7, 11) is 0. The number of fused-ring (bicyclic) bond motifs is 1. The standard InChI is InChI=1S/C12H15ClN2/c1-8-10(13)15-7-5-6-9(11(15)14-8)12(2,3)4/h5-7H,1-4H3. The minimum Gasteiger partial charge on any atom is -0.290 e. The molecule has 2 rings (SSSR count). The van der Waals surface area contributed by atoms with E-state index in [1.165, 1.54) is 5.56 Å². The van der Waals surface area contributed by atoms with Gasteiger partial charge in [-0.3, -0.25) is 4.40 Å². The van der Waals surface area contributed by atoms with Crippen molar-refractivity contribution in [1.82, 2.24) is 9.38 Å². The number of nitrogens with zero attached hydrogens (tertiary/aromatic N) is 2. The summed E-state index contributed by atoms with van der Waals surface area (Å²) >= 11 is 6.16. The Bertz CT molecular complexity index is 506. The minimum absolute atomic E-state index is 0.0869. The number of aryl methyl sites for hydroxylation is 1. The van der Waals surface area contributed by atoms with Crippen LogP contribution in [0.3, 0.4) is 0 Å². The van der Waals surface area contributed by atoms with Crippen LogP contribution in [-0.4, -0.2) is 9.38 Å². The van der Waals surface area contributed by atoms with Crippen LogP contribution >= 0.6 is 11.6 Å². The predicted molar refractivity (Wildman–Crippen MR) is 63.6 cm³/mol. The monoisotopic (exact) mass is 222 g/mol. The summed E-state index contributed by atoms with van der Waals surface area (Å²) in [6, 6.07) is 4.12. The molecule has 2 aromatic rings. The van der Waals surface area contributed by atoms with Crippen LogP contribution < -0.4 is 0 Å². The van der Waals surface area contributed by atoms with E-state index in [2.05, 4.69) is 31.8 Å². The summed E-state index contributed by atoms with van der Waals surface area (Å²) in [5.41, 5.74) is 3.16. The van der Waals surface area contributed by atoms with Gasteiger partial charge >= 0.3 is 0 Å². The van der Waals surface area contributed by atoms with Crippen molar-refractivity contribution >= 4 is 17.2 Å². The highest BCUT2D eigenvalue weighted by Gasteiger charge is 2.19. The van der Waals surface area contributed by atoms with Crippen molar-refractivity contribution in [3.05, 3.63) is 34.7 Å². The Labute approximate surface area is 94.9 Å². The second kappa shape index (κ2) is 3.24. The van der Waals surface area contributed by atoms with E-state index >= 15 is 0 Å². The molecular weight excluding hydrogens is 208 g/mol. The molecule has 0 N–H and O–H groups in total. The maximum absolute atomic E-state index is 6.16. The van der Waals surface area contributed by atoms with Crippen LogP contribution in [0.25, 0.3) is 5.65 Å². The lowest BCUT2D eigenvalue weighted by Crippen LogP contribution is -2.12. The first-order valence-electron chi connectivity index (χ1n) is 5.05. The maximum atomic E-state index is 6.16. The summed E-state index contributed by atoms with van der Waals surface area (Å²) in [5.74, 6) is 0. The normalized spacial score (nSPS) is 12.3. The number of halogens is 1. The molecule has 0 aliphatic carbocycles. The maximum Gasteiger partial charge on any atom is 0.141 e. The van der Waals surface area contributed by atoms with Crippen LogP contribution in [0.5, 0.6) is 0 Å². The zero-order valence-electron chi connectivity index (χ0n) is 9.50. The van der Waals surface area contributed by atoms with E-state index in [9.17, 15) is 0 Å². The SMILES string of the molecule is Cc1nc2c(C(C)(C)C)cccn2c1Cl. The Balaban J connectivity index is 2.83. The summed E-state index contributed by atoms with van der Waals surface area (Å²) in [6.45, 7) is 8.47. The first-order valence-corrected chi connectivity index (χ1v) is 5.42. The highest BCUT2D eigenvalue weighted by atomic mass is 35.5. The Kier molecular flexibility index (Phi) is 2.27. The van der Waals surface area contributed by atoms with Crippen molar-refractivity contribution in [1.29, 1.82) is 0 Å². The molecule has 3 heteroatoms. The van der Waals surface area contributed by atoms with Gasteiger partial charge in [-0.2, -0.15) is 0 Å². The van der Waals surface area contributed by atoms with E-state index in [0.717, 1.165) is 11.3 Å². The number of pyridine rings is 1. The van der Waals surface area contributed by atoms with Crippen molar-refractivity contribution in [3.8, 4) is 0 Å². The van der Waals surface area contributed by atoms with Gasteiger partial charge in [0.1, 0.15) is 10.8 Å². The molecule has 0 bridgehead atoms. The third-order valence-electron chi connectivity index (χ3n) is 2.56. The summed E-state index contributed by atoms with van der Waals surface area (Å²) in [5, 5.41) is 0.705. The summed E-state index contributed by atoms with van der Waals surface area (Å²) < 4.78 is 1.94. The molecule has 0 saturated carbocycles. The second-order valence-electron chi connectivity index (χ2n) is 4.85. The molecule has 0 spiro atoms. The molecule has 0 aliphatic heterocycles. The lowest BCUT2D eigenvalue weighted by atomic mass is 9.88. The van der Waals surface area contributed by atoms with Gasteiger partial charge in [0.2, 0.25) is 0 Å². The first-order chi connectivity index (χ1) is 6.91. The van der Waals surface area contributed by atoms with Crippen molar-refractivity contribution in [2.24, 2.45) is 0 Å². The Morgan fingerprint density at radius 2 is 2.00 bits per heavy atom. The molecule has 0 unspecified atom stereocenters. The van der Waals surface area contributed by atoms with Crippen LogP contribution in [0.4, 0.5) is 0 Å². The fraction of sp³-hybridized carbons (Fsp3) is 0.417. The zero-order chi connectivity index (χ0) is 11.2. The van der Waals surface area contributed by atoms with E-state index in [4.69, 9.17) is 11.6 Å². The van der Waals surface area contributed by atoms with E-state index in [0.29, 0.717) is 5.15 Å². The van der Waals surface area contributed by atoms with Crippen LogP contribution in [0.2, 0.25) is 5.15 Å². The first kappa shape index (κ1) is 10.5. The van der Waals surface area contributed by atoms with Gasteiger partial charge in [-0.25, -0.2) is 4.98 Å². The third-order valence-corrected chi connectivity index (χ3v) is 3.01. The number of hydrogen-bond donors (Lipinski definition) is 0. The fourth-order valence-corrected chi connectivity index (χ4v) is 1.92. The molecular formula is C12H15ClN2. The van der Waals surface area contributed by atoms with Crippen molar-refractivity contribution in [2.75, 3.05) is 0 Å². The summed E-state index contributed by atoms with van der Waals surface area (Å²) in [4.78, 5) is 4.51. The molecule has 2 aromatic heterocycles. The topological polar surface area (TPSA) is 17.3 Å². The van der Waals surface area contributed by atoms with Gasteiger partial charge in [0.05, 0.1) is 5.69 Å². The van der Waals surface area contributed by atoms with Crippen molar-refractivity contribution in [2.45, 2.75) is 33.1 Å². The fourth-order valence-electron chi connectivity index (χ4n) is 1.74. The number of aromatic nitrogens is 2. The van der Waals surface area contributed by atoms with Gasteiger partial charge in [0, 0.05) is 11.8 Å². The number of rotatable bonds is 0. The van der Waals surface area contributed by atoms with Crippen molar-refractivity contribution in [3.63, 3.8) is 0 Å². The molecule has 0 amide bonds. The molecule has 15 heavy (non-hydrogen) atoms. The van der Waals surface area contributed by atoms with Gasteiger partial charge in [0.15, 0.2) is 0 Å². The van der Waals surface area contributed by atoms with E-state index in [1.807, 2.05) is 23.6 Å². The second-order valence-corrected chi connectivity index (χ2v) is 5.21. The van der Waals surface area contributed by atoms with E-state index < -0.39 is 0 Å². The molecule has 2 heterocycles. The molecule has 2 nitrogen and oxygen atoms in total. The lowest BCUT2D eigenvalue weighted by Gasteiger charge is -2.19. The van der Waals surface area contributed by atoms with Gasteiger partial charge < -0.3 is 0 Å². The number of hydrogen-bond acceptors (Lipinski definition) is 1. The van der Waals surface area contributed by atoms with Gasteiger partial charge in [-0.15, -0.1) is 0 Å². The molecule has 0 aliphatic rings. The Morgan fingerprint density at radius 1 is 1.33 bits per heavy atom. The molecule has 0 atom stereocenters. The zero-order valence-corrected chi connectivity index (χ0v) is 10.3. The molecule has 0 saturated heterocycles. The smallest absolute Gasteiger partial charge is 0.141 e. The van der Waals surface area contributed by atoms with Gasteiger partial charge in [0.25, 0.3) is 0 Å². The Hall–Kier alpha value is -1.02. The highest BCUT2D eigenvalue weighted by Crippen LogP contribution is 2.28. The van der Waals surface area contributed by atoms with Crippen LogP contribution in [0, 0.1) is 6.92 Å².